The van der Waals surface area contributed by atoms with Gasteiger partial charge in [-0.05, 0) is 42.8 Å². The van der Waals surface area contributed by atoms with E-state index in [-0.39, 0.29) is 11.9 Å². The van der Waals surface area contributed by atoms with Crippen LogP contribution in [0, 0.1) is 0 Å². The second-order valence-corrected chi connectivity index (χ2v) is 6.11. The molecule has 2 nitrogen and oxygen atoms in total. The molecule has 5 heteroatoms. The lowest BCUT2D eigenvalue weighted by Gasteiger charge is -2.15. The van der Waals surface area contributed by atoms with Gasteiger partial charge in [-0.25, -0.2) is 0 Å². The topological polar surface area (TPSA) is 29.1 Å². The van der Waals surface area contributed by atoms with Gasteiger partial charge < -0.3 is 5.32 Å². The molecule has 1 amide bonds. The molecule has 0 saturated heterocycles. The van der Waals surface area contributed by atoms with Crippen molar-refractivity contribution in [3.63, 3.8) is 0 Å². The lowest BCUT2D eigenvalue weighted by atomic mass is 10.1. The molecule has 104 valence electrons. The molecular weight excluding hydrogens is 361 g/mol. The molecule has 2 aromatic rings. The molecule has 0 heterocycles. The van der Waals surface area contributed by atoms with Gasteiger partial charge in [0, 0.05) is 10.0 Å². The number of hydrogen-bond donors (Lipinski definition) is 1. The van der Waals surface area contributed by atoms with Crippen molar-refractivity contribution in [2.45, 2.75) is 13.0 Å². The highest BCUT2D eigenvalue weighted by atomic mass is 79.9. The van der Waals surface area contributed by atoms with Crippen LogP contribution in [0.3, 0.4) is 0 Å². The maximum atomic E-state index is 12.1. The van der Waals surface area contributed by atoms with Gasteiger partial charge in [-0.15, -0.1) is 0 Å². The molecule has 0 aliphatic rings. The molecule has 0 radical (unpaired) electrons. The fraction of sp³-hybridized carbons (Fsp3) is 0.133. The Kier molecular flexibility index (Phi) is 5.08. The summed E-state index contributed by atoms with van der Waals surface area (Å²) in [7, 11) is 0. The minimum absolute atomic E-state index is 0.134. The maximum absolute atomic E-state index is 12.1. The minimum atomic E-state index is -0.156. The first-order chi connectivity index (χ1) is 9.47. The molecule has 1 unspecified atom stereocenters. The Hall–Kier alpha value is -1.03. The molecule has 0 fully saturated rings. The quantitative estimate of drug-likeness (QED) is 0.783. The Balaban J connectivity index is 2.13. The maximum Gasteiger partial charge on any atom is 0.251 e. The number of benzene rings is 2. The Morgan fingerprint density at radius 2 is 1.90 bits per heavy atom. The molecule has 0 saturated carbocycles. The van der Waals surface area contributed by atoms with Gasteiger partial charge in [0.05, 0.1) is 16.1 Å². The van der Waals surface area contributed by atoms with Crippen molar-refractivity contribution in [2.24, 2.45) is 0 Å². The molecular formula is C15H12BrCl2NO. The third-order valence-corrected chi connectivity index (χ3v) is 4.11. The molecule has 2 aromatic carbocycles. The van der Waals surface area contributed by atoms with Crippen LogP contribution in [0.4, 0.5) is 0 Å². The lowest BCUT2D eigenvalue weighted by molar-refractivity contribution is 0.0940. The Morgan fingerprint density at radius 3 is 2.55 bits per heavy atom. The SMILES string of the molecule is CC(NC(=O)c1cccc(Br)c1)c1ccc(Cl)c(Cl)c1. The van der Waals surface area contributed by atoms with E-state index in [1.54, 1.807) is 24.3 Å². The second-order valence-electron chi connectivity index (χ2n) is 4.38. The minimum Gasteiger partial charge on any atom is -0.346 e. The van der Waals surface area contributed by atoms with Crippen molar-refractivity contribution in [3.8, 4) is 0 Å². The summed E-state index contributed by atoms with van der Waals surface area (Å²) in [5.41, 5.74) is 1.51. The van der Waals surface area contributed by atoms with Gasteiger partial charge in [-0.3, -0.25) is 4.79 Å². The van der Waals surface area contributed by atoms with E-state index in [9.17, 15) is 4.79 Å². The van der Waals surface area contributed by atoms with E-state index in [4.69, 9.17) is 23.2 Å². The zero-order chi connectivity index (χ0) is 14.7. The first-order valence-electron chi connectivity index (χ1n) is 5.99. The number of amides is 1. The largest absolute Gasteiger partial charge is 0.346 e. The summed E-state index contributed by atoms with van der Waals surface area (Å²) < 4.78 is 0.868. The molecule has 0 bridgehead atoms. The van der Waals surface area contributed by atoms with Crippen molar-refractivity contribution in [2.75, 3.05) is 0 Å². The second kappa shape index (κ2) is 6.61. The van der Waals surface area contributed by atoms with E-state index >= 15 is 0 Å². The first kappa shape index (κ1) is 15.4. The van der Waals surface area contributed by atoms with E-state index in [0.717, 1.165) is 10.0 Å². The van der Waals surface area contributed by atoms with Crippen molar-refractivity contribution >= 4 is 45.0 Å². The van der Waals surface area contributed by atoms with Crippen LogP contribution in [0.15, 0.2) is 46.9 Å². The van der Waals surface area contributed by atoms with Crippen LogP contribution in [0.1, 0.15) is 28.9 Å². The van der Waals surface area contributed by atoms with E-state index in [1.807, 2.05) is 25.1 Å². The predicted octanol–water partition coefficient (Wildman–Crippen LogP) is 5.25. The lowest BCUT2D eigenvalue weighted by Crippen LogP contribution is -2.26. The summed E-state index contributed by atoms with van der Waals surface area (Å²) in [6, 6.07) is 12.4. The van der Waals surface area contributed by atoms with Gasteiger partial charge in [0.1, 0.15) is 0 Å². The summed E-state index contributed by atoms with van der Waals surface area (Å²) in [5.74, 6) is -0.134. The Morgan fingerprint density at radius 1 is 1.15 bits per heavy atom. The van der Waals surface area contributed by atoms with E-state index in [1.165, 1.54) is 0 Å². The molecule has 2 rings (SSSR count). The monoisotopic (exact) mass is 371 g/mol. The number of rotatable bonds is 3. The smallest absolute Gasteiger partial charge is 0.251 e. The van der Waals surface area contributed by atoms with E-state index < -0.39 is 0 Å². The van der Waals surface area contributed by atoms with Gasteiger partial charge in [0.15, 0.2) is 0 Å². The third-order valence-electron chi connectivity index (χ3n) is 2.88. The number of hydrogen-bond acceptors (Lipinski definition) is 1. The number of nitrogens with one attached hydrogen (secondary N) is 1. The van der Waals surface area contributed by atoms with Gasteiger partial charge in [-0.1, -0.05) is 51.3 Å². The molecule has 0 aliphatic heterocycles. The van der Waals surface area contributed by atoms with Crippen molar-refractivity contribution in [1.29, 1.82) is 0 Å². The van der Waals surface area contributed by atoms with Crippen LogP contribution in [-0.4, -0.2) is 5.91 Å². The molecule has 0 aliphatic carbocycles. The van der Waals surface area contributed by atoms with Crippen molar-refractivity contribution in [1.82, 2.24) is 5.32 Å². The fourth-order valence-electron chi connectivity index (χ4n) is 1.77. The molecule has 20 heavy (non-hydrogen) atoms. The molecule has 1 N–H and O–H groups in total. The van der Waals surface area contributed by atoms with Crippen LogP contribution in [0.25, 0.3) is 0 Å². The van der Waals surface area contributed by atoms with Gasteiger partial charge >= 0.3 is 0 Å². The van der Waals surface area contributed by atoms with Crippen molar-refractivity contribution < 1.29 is 4.79 Å². The fourth-order valence-corrected chi connectivity index (χ4v) is 2.48. The van der Waals surface area contributed by atoms with Gasteiger partial charge in [0.2, 0.25) is 0 Å². The zero-order valence-corrected chi connectivity index (χ0v) is 13.8. The summed E-state index contributed by atoms with van der Waals surface area (Å²) in [6.07, 6.45) is 0. The average Bonchev–Trinajstić information content (AvgIpc) is 2.41. The van der Waals surface area contributed by atoms with Gasteiger partial charge in [-0.2, -0.15) is 0 Å². The number of carbonyl (C=O) groups is 1. The van der Waals surface area contributed by atoms with Crippen LogP contribution in [-0.2, 0) is 0 Å². The predicted molar refractivity (Wildman–Crippen MR) is 86.5 cm³/mol. The van der Waals surface area contributed by atoms with Crippen LogP contribution >= 0.6 is 39.1 Å². The average molecular weight is 373 g/mol. The van der Waals surface area contributed by atoms with Crippen LogP contribution < -0.4 is 5.32 Å². The van der Waals surface area contributed by atoms with E-state index in [2.05, 4.69) is 21.2 Å². The summed E-state index contributed by atoms with van der Waals surface area (Å²) in [5, 5.41) is 3.91. The summed E-state index contributed by atoms with van der Waals surface area (Å²) >= 11 is 15.2. The summed E-state index contributed by atoms with van der Waals surface area (Å²) in [4.78, 5) is 12.1. The highest BCUT2D eigenvalue weighted by molar-refractivity contribution is 9.10. The number of carbonyl (C=O) groups excluding carboxylic acids is 1. The standard InChI is InChI=1S/C15H12BrCl2NO/c1-9(10-5-6-13(17)14(18)8-10)19-15(20)11-3-2-4-12(16)7-11/h2-9H,1H3,(H,19,20). The first-order valence-corrected chi connectivity index (χ1v) is 7.53. The third kappa shape index (κ3) is 3.75. The van der Waals surface area contributed by atoms with E-state index in [0.29, 0.717) is 15.6 Å². The Bertz CT molecular complexity index is 646. The Labute approximate surface area is 136 Å². The van der Waals surface area contributed by atoms with Crippen LogP contribution in [0.5, 0.6) is 0 Å². The van der Waals surface area contributed by atoms with Crippen molar-refractivity contribution in [3.05, 3.63) is 68.1 Å². The summed E-state index contributed by atoms with van der Waals surface area (Å²) in [6.45, 7) is 1.90. The molecule has 0 spiro atoms. The van der Waals surface area contributed by atoms with Gasteiger partial charge in [0.25, 0.3) is 5.91 Å². The van der Waals surface area contributed by atoms with Crippen LogP contribution in [0.2, 0.25) is 10.0 Å². The highest BCUT2D eigenvalue weighted by Crippen LogP contribution is 2.25. The molecule has 1 atom stereocenters. The normalized spacial score (nSPS) is 12.0. The zero-order valence-electron chi connectivity index (χ0n) is 10.7. The number of halogens is 3. The molecule has 0 aromatic heterocycles. The highest BCUT2D eigenvalue weighted by Gasteiger charge is 2.12.